The molecule has 146 valence electrons. The first-order valence-corrected chi connectivity index (χ1v) is 10.7. The zero-order valence-electron chi connectivity index (χ0n) is 16.1. The number of thiophene rings is 1. The fourth-order valence-electron chi connectivity index (χ4n) is 3.99. The lowest BCUT2D eigenvalue weighted by molar-refractivity contribution is -0.173. The Morgan fingerprint density at radius 3 is 2.96 bits per heavy atom. The van der Waals surface area contributed by atoms with Gasteiger partial charge < -0.3 is 14.6 Å². The van der Waals surface area contributed by atoms with Gasteiger partial charge in [0.2, 0.25) is 0 Å². The van der Waals surface area contributed by atoms with E-state index in [1.165, 1.54) is 4.88 Å². The number of ether oxygens (including phenoxy) is 1. The lowest BCUT2D eigenvalue weighted by Gasteiger charge is -2.45. The zero-order chi connectivity index (χ0) is 18.9. The number of nitrogens with one attached hydrogen (secondary N) is 1. The van der Waals surface area contributed by atoms with Crippen LogP contribution in [-0.4, -0.2) is 46.1 Å². The van der Waals surface area contributed by atoms with Crippen molar-refractivity contribution < 1.29 is 9.53 Å². The van der Waals surface area contributed by atoms with Crippen molar-refractivity contribution in [2.75, 3.05) is 19.6 Å². The van der Waals surface area contributed by atoms with E-state index in [2.05, 4.69) is 51.1 Å². The highest BCUT2D eigenvalue weighted by atomic mass is 32.1. The van der Waals surface area contributed by atoms with Crippen LogP contribution in [0.25, 0.3) is 0 Å². The van der Waals surface area contributed by atoms with Gasteiger partial charge in [0, 0.05) is 43.4 Å². The Kier molecular flexibility index (Phi) is 5.34. The topological polar surface area (TPSA) is 59.4 Å². The molecule has 1 atom stereocenters. The molecule has 1 spiro atoms. The van der Waals surface area contributed by atoms with Crippen molar-refractivity contribution >= 4 is 17.2 Å². The minimum atomic E-state index is -0.451. The molecule has 2 aromatic rings. The highest BCUT2D eigenvalue weighted by molar-refractivity contribution is 7.09. The predicted molar refractivity (Wildman–Crippen MR) is 105 cm³/mol. The van der Waals surface area contributed by atoms with Crippen molar-refractivity contribution in [3.63, 3.8) is 0 Å². The molecule has 1 saturated heterocycles. The van der Waals surface area contributed by atoms with Crippen LogP contribution in [0.15, 0.2) is 29.9 Å². The molecule has 6 nitrogen and oxygen atoms in total. The van der Waals surface area contributed by atoms with Gasteiger partial charge in [0.1, 0.15) is 11.4 Å². The molecule has 1 N–H and O–H groups in total. The maximum atomic E-state index is 12.7. The third kappa shape index (κ3) is 3.95. The molecule has 4 heterocycles. The molecular formula is C20H28N4O2S. The molecule has 0 saturated carbocycles. The number of hydrogen-bond acceptors (Lipinski definition) is 5. The molecule has 7 heteroatoms. The summed E-state index contributed by atoms with van der Waals surface area (Å²) >= 11 is 1.80. The summed E-state index contributed by atoms with van der Waals surface area (Å²) in [5.41, 5.74) is -0.451. The average Bonchev–Trinajstić information content (AvgIpc) is 3.33. The summed E-state index contributed by atoms with van der Waals surface area (Å²) in [6.45, 7) is 8.30. The number of rotatable bonds is 5. The largest absolute Gasteiger partial charge is 0.354 e. The van der Waals surface area contributed by atoms with Gasteiger partial charge >= 0.3 is 0 Å². The Labute approximate surface area is 164 Å². The number of carbonyl (C=O) groups excluding carboxylic acids is 1. The van der Waals surface area contributed by atoms with Crippen LogP contribution in [-0.2, 0) is 28.2 Å². The summed E-state index contributed by atoms with van der Waals surface area (Å²) in [5.74, 6) is 1.39. The highest BCUT2D eigenvalue weighted by Crippen LogP contribution is 2.40. The molecule has 2 aliphatic rings. The van der Waals surface area contributed by atoms with E-state index in [0.29, 0.717) is 19.0 Å². The molecule has 0 unspecified atom stereocenters. The number of likely N-dealkylation sites (tertiary alicyclic amines) is 1. The van der Waals surface area contributed by atoms with E-state index in [1.54, 1.807) is 11.3 Å². The molecule has 2 aliphatic heterocycles. The number of fused-ring (bicyclic) bond motifs is 2. The van der Waals surface area contributed by atoms with Crippen LogP contribution in [0.4, 0.5) is 0 Å². The Morgan fingerprint density at radius 2 is 2.26 bits per heavy atom. The normalized spacial score (nSPS) is 22.1. The van der Waals surface area contributed by atoms with E-state index in [-0.39, 0.29) is 5.91 Å². The number of carbonyl (C=O) groups is 1. The molecule has 0 aromatic carbocycles. The van der Waals surface area contributed by atoms with Gasteiger partial charge in [-0.2, -0.15) is 0 Å². The summed E-state index contributed by atoms with van der Waals surface area (Å²) < 4.78 is 8.57. The summed E-state index contributed by atoms with van der Waals surface area (Å²) in [6.07, 6.45) is 5.08. The van der Waals surface area contributed by atoms with Gasteiger partial charge in [0.25, 0.3) is 5.91 Å². The first-order chi connectivity index (χ1) is 13.1. The van der Waals surface area contributed by atoms with Gasteiger partial charge in [-0.15, -0.1) is 11.3 Å². The van der Waals surface area contributed by atoms with Gasteiger partial charge in [0.15, 0.2) is 6.10 Å². The molecule has 0 radical (unpaired) electrons. The number of hydrogen-bond donors (Lipinski definition) is 1. The molecule has 1 fully saturated rings. The summed E-state index contributed by atoms with van der Waals surface area (Å²) in [7, 11) is 0. The van der Waals surface area contributed by atoms with Gasteiger partial charge in [0.05, 0.1) is 6.54 Å². The molecule has 27 heavy (non-hydrogen) atoms. The fraction of sp³-hybridized carbons (Fsp3) is 0.600. The van der Waals surface area contributed by atoms with Crippen LogP contribution in [0.5, 0.6) is 0 Å². The fourth-order valence-corrected chi connectivity index (χ4v) is 4.73. The molecule has 4 rings (SSSR count). The van der Waals surface area contributed by atoms with E-state index >= 15 is 0 Å². The average molecular weight is 389 g/mol. The maximum Gasteiger partial charge on any atom is 0.251 e. The van der Waals surface area contributed by atoms with Crippen molar-refractivity contribution in [1.82, 2.24) is 19.8 Å². The minimum Gasteiger partial charge on any atom is -0.354 e. The molecular weight excluding hydrogens is 360 g/mol. The molecule has 0 bridgehead atoms. The Morgan fingerprint density at radius 1 is 1.44 bits per heavy atom. The van der Waals surface area contributed by atoms with E-state index < -0.39 is 11.7 Å². The maximum absolute atomic E-state index is 12.7. The smallest absolute Gasteiger partial charge is 0.251 e. The predicted octanol–water partition coefficient (Wildman–Crippen LogP) is 2.61. The third-order valence-electron chi connectivity index (χ3n) is 5.45. The van der Waals surface area contributed by atoms with Crippen molar-refractivity contribution in [2.24, 2.45) is 5.92 Å². The van der Waals surface area contributed by atoms with Crippen LogP contribution in [0, 0.1) is 5.92 Å². The van der Waals surface area contributed by atoms with Gasteiger partial charge in [-0.05, 0) is 30.2 Å². The molecule has 1 amide bonds. The van der Waals surface area contributed by atoms with Crippen LogP contribution < -0.4 is 5.32 Å². The van der Waals surface area contributed by atoms with Crippen molar-refractivity contribution in [1.29, 1.82) is 0 Å². The first kappa shape index (κ1) is 18.7. The van der Waals surface area contributed by atoms with Gasteiger partial charge in [-0.25, -0.2) is 4.98 Å². The van der Waals surface area contributed by atoms with Crippen LogP contribution in [0.3, 0.4) is 0 Å². The van der Waals surface area contributed by atoms with Crippen molar-refractivity contribution in [3.8, 4) is 0 Å². The number of piperidine rings is 1. The summed E-state index contributed by atoms with van der Waals surface area (Å²) in [4.78, 5) is 21.1. The lowest BCUT2D eigenvalue weighted by atomic mass is 9.88. The van der Waals surface area contributed by atoms with Crippen LogP contribution in [0.1, 0.15) is 37.4 Å². The van der Waals surface area contributed by atoms with Crippen molar-refractivity contribution in [3.05, 3.63) is 40.6 Å². The summed E-state index contributed by atoms with van der Waals surface area (Å²) in [5, 5.41) is 5.16. The summed E-state index contributed by atoms with van der Waals surface area (Å²) in [6, 6.07) is 4.29. The number of nitrogens with zero attached hydrogens (tertiary/aromatic N) is 3. The third-order valence-corrected chi connectivity index (χ3v) is 6.31. The highest BCUT2D eigenvalue weighted by Gasteiger charge is 2.47. The Hall–Kier alpha value is -1.70. The second-order valence-electron chi connectivity index (χ2n) is 8.00. The van der Waals surface area contributed by atoms with Crippen molar-refractivity contribution in [2.45, 2.75) is 51.5 Å². The lowest BCUT2D eigenvalue weighted by Crippen LogP contribution is -2.54. The van der Waals surface area contributed by atoms with Gasteiger partial charge in [-0.1, -0.05) is 19.9 Å². The quantitative estimate of drug-likeness (QED) is 0.855. The minimum absolute atomic E-state index is 0.0107. The monoisotopic (exact) mass is 388 g/mol. The standard InChI is InChI=1S/C20H28N4O2S/c1-15(2)12-22-18(25)17-14-24-10-7-21-19(24)20(26-17)5-8-23(9-6-20)13-16-4-3-11-27-16/h3-4,7,10-11,15,17H,5-6,8-9,12-14H2,1-2H3,(H,22,25)/t17-/m1/s1. The first-order valence-electron chi connectivity index (χ1n) is 9.78. The second-order valence-corrected chi connectivity index (χ2v) is 9.03. The number of aromatic nitrogens is 2. The number of amides is 1. The molecule has 2 aromatic heterocycles. The van der Waals surface area contributed by atoms with E-state index in [4.69, 9.17) is 4.74 Å². The Balaban J connectivity index is 1.46. The van der Waals surface area contributed by atoms with Crippen LogP contribution >= 0.6 is 11.3 Å². The number of imidazole rings is 1. The van der Waals surface area contributed by atoms with Crippen LogP contribution in [0.2, 0.25) is 0 Å². The van der Waals surface area contributed by atoms with E-state index in [1.807, 2.05) is 12.4 Å². The van der Waals surface area contributed by atoms with Gasteiger partial charge in [-0.3, -0.25) is 9.69 Å². The van der Waals surface area contributed by atoms with E-state index in [9.17, 15) is 4.79 Å². The Bertz CT molecular complexity index is 763. The van der Waals surface area contributed by atoms with E-state index in [0.717, 1.165) is 38.3 Å². The molecule has 0 aliphatic carbocycles. The second kappa shape index (κ2) is 7.73. The SMILES string of the molecule is CC(C)CNC(=O)[C@H]1Cn2ccnc2C2(CCN(Cc3cccs3)CC2)O1. The zero-order valence-corrected chi connectivity index (χ0v) is 16.9.